The van der Waals surface area contributed by atoms with Crippen molar-refractivity contribution in [1.82, 2.24) is 4.90 Å². The zero-order chi connectivity index (χ0) is 14.7. The van der Waals surface area contributed by atoms with E-state index >= 15 is 0 Å². The smallest absolute Gasteiger partial charge is 0.243 e. The fraction of sp³-hybridized carbons (Fsp3) is 0.467. The van der Waals surface area contributed by atoms with Crippen molar-refractivity contribution in [2.45, 2.75) is 20.3 Å². The summed E-state index contributed by atoms with van der Waals surface area (Å²) in [6.45, 7) is 4.99. The van der Waals surface area contributed by atoms with Gasteiger partial charge < -0.3 is 16.0 Å². The highest BCUT2D eigenvalue weighted by molar-refractivity contribution is 5.95. The number of amides is 2. The Kier molecular flexibility index (Phi) is 4.27. The predicted octanol–water partition coefficient (Wildman–Crippen LogP) is 1.71. The standard InChI is InChI=1S/C15H21N3O2/c1-10(2)11-6-15(20)18(8-11)9-14(19)17-13-5-3-4-12(16)7-13/h3-5,7,10-11H,6,8-9,16H2,1-2H3,(H,17,19). The second-order valence-electron chi connectivity index (χ2n) is 5.66. The van der Waals surface area contributed by atoms with E-state index < -0.39 is 0 Å². The summed E-state index contributed by atoms with van der Waals surface area (Å²) >= 11 is 0. The van der Waals surface area contributed by atoms with E-state index in [0.29, 0.717) is 36.2 Å². The fourth-order valence-electron chi connectivity index (χ4n) is 2.39. The Bertz CT molecular complexity index is 514. The summed E-state index contributed by atoms with van der Waals surface area (Å²) < 4.78 is 0. The number of likely N-dealkylation sites (tertiary alicyclic amines) is 1. The van der Waals surface area contributed by atoms with E-state index in [1.54, 1.807) is 29.2 Å². The lowest BCUT2D eigenvalue weighted by molar-refractivity contribution is -0.131. The molecule has 0 bridgehead atoms. The summed E-state index contributed by atoms with van der Waals surface area (Å²) in [7, 11) is 0. The summed E-state index contributed by atoms with van der Waals surface area (Å²) in [5, 5.41) is 2.76. The van der Waals surface area contributed by atoms with E-state index in [1.807, 2.05) is 0 Å². The zero-order valence-corrected chi connectivity index (χ0v) is 11.9. The molecule has 0 saturated carbocycles. The van der Waals surface area contributed by atoms with E-state index in [2.05, 4.69) is 19.2 Å². The number of nitrogen functional groups attached to an aromatic ring is 1. The molecule has 0 radical (unpaired) electrons. The average molecular weight is 275 g/mol. The molecule has 0 aliphatic carbocycles. The van der Waals surface area contributed by atoms with Gasteiger partial charge in [0.1, 0.15) is 0 Å². The van der Waals surface area contributed by atoms with Crippen LogP contribution < -0.4 is 11.1 Å². The van der Waals surface area contributed by atoms with Gasteiger partial charge in [0.05, 0.1) is 6.54 Å². The number of nitrogens with two attached hydrogens (primary N) is 1. The van der Waals surface area contributed by atoms with Crippen LogP contribution in [0.5, 0.6) is 0 Å². The monoisotopic (exact) mass is 275 g/mol. The molecule has 1 fully saturated rings. The maximum Gasteiger partial charge on any atom is 0.243 e. The van der Waals surface area contributed by atoms with Crippen molar-refractivity contribution >= 4 is 23.2 Å². The molecule has 108 valence electrons. The van der Waals surface area contributed by atoms with Crippen LogP contribution >= 0.6 is 0 Å². The summed E-state index contributed by atoms with van der Waals surface area (Å²) in [6, 6.07) is 7.01. The number of nitrogens with zero attached hydrogens (tertiary/aromatic N) is 1. The molecule has 0 spiro atoms. The first-order valence-corrected chi connectivity index (χ1v) is 6.89. The Hall–Kier alpha value is -2.04. The maximum atomic E-state index is 12.0. The summed E-state index contributed by atoms with van der Waals surface area (Å²) in [5.74, 6) is 0.684. The minimum atomic E-state index is -0.187. The SMILES string of the molecule is CC(C)C1CC(=O)N(CC(=O)Nc2cccc(N)c2)C1. The first-order chi connectivity index (χ1) is 9.45. The topological polar surface area (TPSA) is 75.4 Å². The summed E-state index contributed by atoms with van der Waals surface area (Å²) in [6.07, 6.45) is 0.545. The van der Waals surface area contributed by atoms with Gasteiger partial charge in [0.25, 0.3) is 0 Å². The van der Waals surface area contributed by atoms with Crippen LogP contribution in [0.25, 0.3) is 0 Å². The van der Waals surface area contributed by atoms with E-state index in [9.17, 15) is 9.59 Å². The lowest BCUT2D eigenvalue weighted by Gasteiger charge is -2.17. The number of hydrogen-bond acceptors (Lipinski definition) is 3. The van der Waals surface area contributed by atoms with Gasteiger partial charge in [-0.3, -0.25) is 9.59 Å². The number of carbonyl (C=O) groups excluding carboxylic acids is 2. The van der Waals surface area contributed by atoms with Crippen LogP contribution in [0.4, 0.5) is 11.4 Å². The number of anilines is 2. The van der Waals surface area contributed by atoms with Crippen molar-refractivity contribution in [3.63, 3.8) is 0 Å². The van der Waals surface area contributed by atoms with Gasteiger partial charge in [-0.05, 0) is 30.0 Å². The molecule has 1 aromatic rings. The molecule has 1 aliphatic heterocycles. The van der Waals surface area contributed by atoms with Gasteiger partial charge in [0.2, 0.25) is 11.8 Å². The number of carbonyl (C=O) groups is 2. The Balaban J connectivity index is 1.90. The van der Waals surface area contributed by atoms with Gasteiger partial charge >= 0.3 is 0 Å². The van der Waals surface area contributed by atoms with Crippen LogP contribution in [-0.4, -0.2) is 29.8 Å². The first-order valence-electron chi connectivity index (χ1n) is 6.89. The minimum absolute atomic E-state index is 0.0615. The van der Waals surface area contributed by atoms with Gasteiger partial charge in [-0.1, -0.05) is 19.9 Å². The molecular formula is C15H21N3O2. The maximum absolute atomic E-state index is 12.0. The Morgan fingerprint density at radius 3 is 2.85 bits per heavy atom. The van der Waals surface area contributed by atoms with Crippen molar-refractivity contribution in [1.29, 1.82) is 0 Å². The molecule has 2 amide bonds. The third kappa shape index (κ3) is 3.50. The Morgan fingerprint density at radius 1 is 1.50 bits per heavy atom. The van der Waals surface area contributed by atoms with Crippen molar-refractivity contribution in [2.24, 2.45) is 11.8 Å². The number of nitrogens with one attached hydrogen (secondary N) is 1. The van der Waals surface area contributed by atoms with Crippen LogP contribution in [0.2, 0.25) is 0 Å². The van der Waals surface area contributed by atoms with Gasteiger partial charge in [-0.15, -0.1) is 0 Å². The van der Waals surface area contributed by atoms with Crippen molar-refractivity contribution in [3.8, 4) is 0 Å². The molecule has 5 heteroatoms. The third-order valence-electron chi connectivity index (χ3n) is 3.69. The van der Waals surface area contributed by atoms with Crippen molar-refractivity contribution in [3.05, 3.63) is 24.3 Å². The molecule has 1 aliphatic rings. The highest BCUT2D eigenvalue weighted by Gasteiger charge is 2.32. The van der Waals surface area contributed by atoms with E-state index in [4.69, 9.17) is 5.73 Å². The Labute approximate surface area is 119 Å². The highest BCUT2D eigenvalue weighted by atomic mass is 16.2. The van der Waals surface area contributed by atoms with Crippen LogP contribution in [0.1, 0.15) is 20.3 Å². The number of hydrogen-bond donors (Lipinski definition) is 2. The largest absolute Gasteiger partial charge is 0.399 e. The van der Waals surface area contributed by atoms with Crippen molar-refractivity contribution < 1.29 is 9.59 Å². The summed E-state index contributed by atoms with van der Waals surface area (Å²) in [5.41, 5.74) is 6.91. The molecule has 1 aromatic carbocycles. The van der Waals surface area contributed by atoms with Crippen molar-refractivity contribution in [2.75, 3.05) is 24.1 Å². The zero-order valence-electron chi connectivity index (χ0n) is 11.9. The lowest BCUT2D eigenvalue weighted by Crippen LogP contribution is -2.34. The fourth-order valence-corrected chi connectivity index (χ4v) is 2.39. The minimum Gasteiger partial charge on any atom is -0.399 e. The van der Waals surface area contributed by atoms with Gasteiger partial charge in [-0.2, -0.15) is 0 Å². The molecular weight excluding hydrogens is 254 g/mol. The van der Waals surface area contributed by atoms with Crippen LogP contribution in [0, 0.1) is 11.8 Å². The molecule has 5 nitrogen and oxygen atoms in total. The molecule has 20 heavy (non-hydrogen) atoms. The predicted molar refractivity (Wildman–Crippen MR) is 79.0 cm³/mol. The molecule has 1 unspecified atom stereocenters. The molecule has 1 atom stereocenters. The van der Waals surface area contributed by atoms with E-state index in [-0.39, 0.29) is 18.4 Å². The molecule has 0 aromatic heterocycles. The van der Waals surface area contributed by atoms with Gasteiger partial charge in [-0.25, -0.2) is 0 Å². The van der Waals surface area contributed by atoms with E-state index in [1.165, 1.54) is 0 Å². The molecule has 3 N–H and O–H groups in total. The number of benzene rings is 1. The highest BCUT2D eigenvalue weighted by Crippen LogP contribution is 2.24. The van der Waals surface area contributed by atoms with Gasteiger partial charge in [0.15, 0.2) is 0 Å². The molecule has 1 heterocycles. The third-order valence-corrected chi connectivity index (χ3v) is 3.69. The second kappa shape index (κ2) is 5.94. The normalized spacial score (nSPS) is 18.6. The summed E-state index contributed by atoms with van der Waals surface area (Å²) in [4.78, 5) is 25.4. The van der Waals surface area contributed by atoms with E-state index in [0.717, 1.165) is 0 Å². The number of rotatable bonds is 4. The van der Waals surface area contributed by atoms with Gasteiger partial charge in [0, 0.05) is 24.3 Å². The van der Waals surface area contributed by atoms with Crippen LogP contribution in [-0.2, 0) is 9.59 Å². The molecule has 1 saturated heterocycles. The second-order valence-corrected chi connectivity index (χ2v) is 5.66. The molecule has 2 rings (SSSR count). The Morgan fingerprint density at radius 2 is 2.25 bits per heavy atom. The lowest BCUT2D eigenvalue weighted by atomic mass is 9.95. The van der Waals surface area contributed by atoms with Crippen LogP contribution in [0.3, 0.4) is 0 Å². The average Bonchev–Trinajstić information content (AvgIpc) is 2.71. The van der Waals surface area contributed by atoms with Crippen LogP contribution in [0.15, 0.2) is 24.3 Å². The first kappa shape index (κ1) is 14.4. The quantitative estimate of drug-likeness (QED) is 0.821.